The second-order valence-corrected chi connectivity index (χ2v) is 3.41. The average Bonchev–Trinajstić information content (AvgIpc) is 1.89. The van der Waals surface area contributed by atoms with Crippen LogP contribution in [0.1, 0.15) is 6.42 Å². The van der Waals surface area contributed by atoms with Gasteiger partial charge >= 0.3 is 0 Å². The molecule has 0 fully saturated rings. The number of methoxy groups -OCH3 is 1. The lowest BCUT2D eigenvalue weighted by molar-refractivity contribution is 0.282. The van der Waals surface area contributed by atoms with Crippen LogP contribution in [0.2, 0.25) is 0 Å². The molecule has 0 bridgehead atoms. The lowest BCUT2D eigenvalue weighted by atomic mass is 10.2. The van der Waals surface area contributed by atoms with Crippen molar-refractivity contribution in [3.05, 3.63) is 24.0 Å². The summed E-state index contributed by atoms with van der Waals surface area (Å²) < 4.78 is 5.65. The van der Waals surface area contributed by atoms with E-state index in [-0.39, 0.29) is 0 Å². The highest BCUT2D eigenvalue weighted by Crippen LogP contribution is 2.21. The van der Waals surface area contributed by atoms with Gasteiger partial charge in [-0.1, -0.05) is 34.7 Å². The minimum atomic E-state index is 0.539. The van der Waals surface area contributed by atoms with Crippen LogP contribution in [0.5, 0.6) is 0 Å². The molecule has 0 N–H and O–H groups in total. The topological polar surface area (TPSA) is 9.23 Å². The Hall–Kier alpha value is 0.01000. The van der Waals surface area contributed by atoms with Crippen LogP contribution in [-0.4, -0.2) is 11.0 Å². The third kappa shape index (κ3) is 1.71. The maximum atomic E-state index is 5.11. The Morgan fingerprint density at radius 2 is 2.56 bits per heavy atom. The fraction of sp³-hybridized carbons (Fsp3) is 0.429. The van der Waals surface area contributed by atoms with Gasteiger partial charge in [0, 0.05) is 0 Å². The molecule has 0 aromatic carbocycles. The van der Waals surface area contributed by atoms with E-state index in [1.54, 1.807) is 7.11 Å². The first-order valence-corrected chi connectivity index (χ1v) is 4.14. The van der Waals surface area contributed by atoms with E-state index < -0.39 is 0 Å². The van der Waals surface area contributed by atoms with Crippen LogP contribution in [0, 0.1) is 0 Å². The molecule has 0 radical (unpaired) electrons. The van der Waals surface area contributed by atoms with Gasteiger partial charge in [-0.05, 0) is 12.5 Å². The van der Waals surface area contributed by atoms with Crippen molar-refractivity contribution in [3.63, 3.8) is 0 Å². The summed E-state index contributed by atoms with van der Waals surface area (Å²) in [6, 6.07) is 0. The fourth-order valence-corrected chi connectivity index (χ4v) is 1.53. The molecule has 1 aliphatic carbocycles. The number of hydrogen-bond donors (Lipinski definition) is 0. The molecule has 1 nitrogen and oxygen atoms in total. The number of alkyl halides is 1. The van der Waals surface area contributed by atoms with Crippen molar-refractivity contribution in [2.45, 2.75) is 10.3 Å². The van der Waals surface area contributed by atoms with E-state index in [9.17, 15) is 0 Å². The number of halogens is 1. The summed E-state index contributed by atoms with van der Waals surface area (Å²) >= 11 is 2.37. The van der Waals surface area contributed by atoms with E-state index in [1.165, 1.54) is 0 Å². The lowest BCUT2D eigenvalue weighted by Crippen LogP contribution is -2.04. The highest BCUT2D eigenvalue weighted by atomic mass is 127. The van der Waals surface area contributed by atoms with Crippen LogP contribution < -0.4 is 0 Å². The molecule has 50 valence electrons. The number of ether oxygens (including phenoxy) is 1. The van der Waals surface area contributed by atoms with Gasteiger partial charge in [-0.3, -0.25) is 0 Å². The van der Waals surface area contributed by atoms with E-state index in [0.717, 1.165) is 12.2 Å². The summed E-state index contributed by atoms with van der Waals surface area (Å²) in [5.41, 5.74) is 0. The first-order chi connectivity index (χ1) is 4.34. The molecule has 0 saturated carbocycles. The molecule has 0 spiro atoms. The molecular weight excluding hydrogens is 227 g/mol. The maximum Gasteiger partial charge on any atom is 0.109 e. The monoisotopic (exact) mass is 236 g/mol. The van der Waals surface area contributed by atoms with E-state index in [1.807, 2.05) is 12.2 Å². The summed E-state index contributed by atoms with van der Waals surface area (Å²) in [6.07, 6.45) is 7.30. The van der Waals surface area contributed by atoms with E-state index >= 15 is 0 Å². The van der Waals surface area contributed by atoms with Crippen LogP contribution >= 0.6 is 22.6 Å². The molecule has 0 heterocycles. The van der Waals surface area contributed by atoms with Gasteiger partial charge in [0.2, 0.25) is 0 Å². The van der Waals surface area contributed by atoms with Gasteiger partial charge in [-0.2, -0.15) is 0 Å². The smallest absolute Gasteiger partial charge is 0.109 e. The summed E-state index contributed by atoms with van der Waals surface area (Å²) in [7, 11) is 1.72. The molecule has 0 aliphatic heterocycles. The fourth-order valence-electron chi connectivity index (χ4n) is 0.777. The molecule has 0 amide bonds. The van der Waals surface area contributed by atoms with Crippen molar-refractivity contribution >= 4 is 22.6 Å². The Labute approximate surface area is 68.9 Å². The molecule has 1 atom stereocenters. The average molecular weight is 236 g/mol. The molecule has 2 heteroatoms. The zero-order valence-corrected chi connectivity index (χ0v) is 7.46. The van der Waals surface area contributed by atoms with Gasteiger partial charge in [-0.15, -0.1) is 0 Å². The van der Waals surface area contributed by atoms with Gasteiger partial charge < -0.3 is 4.74 Å². The Morgan fingerprint density at radius 1 is 1.78 bits per heavy atom. The first kappa shape index (κ1) is 7.12. The largest absolute Gasteiger partial charge is 0.500 e. The predicted molar refractivity (Wildman–Crippen MR) is 46.7 cm³/mol. The van der Waals surface area contributed by atoms with Gasteiger partial charge in [0.1, 0.15) is 5.76 Å². The second-order valence-electron chi connectivity index (χ2n) is 1.90. The van der Waals surface area contributed by atoms with Crippen LogP contribution in [0.25, 0.3) is 0 Å². The van der Waals surface area contributed by atoms with Crippen molar-refractivity contribution in [3.8, 4) is 0 Å². The standard InChI is InChI=1S/C7H9IO/c1-9-7-5-3-2-4-6(7)8/h2-3,5-6H,4H2,1H3. The lowest BCUT2D eigenvalue weighted by Gasteiger charge is -2.13. The maximum absolute atomic E-state index is 5.11. The third-order valence-corrected chi connectivity index (χ3v) is 2.41. The van der Waals surface area contributed by atoms with Gasteiger partial charge in [0.15, 0.2) is 0 Å². The highest BCUT2D eigenvalue weighted by Gasteiger charge is 2.10. The SMILES string of the molecule is COC1=CC=CCC1I. The van der Waals surface area contributed by atoms with Crippen LogP contribution in [0.4, 0.5) is 0 Å². The van der Waals surface area contributed by atoms with Crippen LogP contribution in [0.15, 0.2) is 24.0 Å². The van der Waals surface area contributed by atoms with Gasteiger partial charge in [0.05, 0.1) is 11.0 Å². The summed E-state index contributed by atoms with van der Waals surface area (Å²) in [5, 5.41) is 0. The van der Waals surface area contributed by atoms with Crippen LogP contribution in [-0.2, 0) is 4.74 Å². The summed E-state index contributed by atoms with van der Waals surface area (Å²) in [5.74, 6) is 1.08. The zero-order chi connectivity index (χ0) is 6.69. The number of hydrogen-bond acceptors (Lipinski definition) is 1. The van der Waals surface area contributed by atoms with Crippen molar-refractivity contribution in [1.29, 1.82) is 0 Å². The van der Waals surface area contributed by atoms with Crippen molar-refractivity contribution in [1.82, 2.24) is 0 Å². The van der Waals surface area contributed by atoms with Crippen LogP contribution in [0.3, 0.4) is 0 Å². The Bertz CT molecular complexity index is 149. The minimum Gasteiger partial charge on any atom is -0.500 e. The number of allylic oxidation sites excluding steroid dienone is 4. The van der Waals surface area contributed by atoms with Crippen molar-refractivity contribution in [2.75, 3.05) is 7.11 Å². The van der Waals surface area contributed by atoms with Crippen molar-refractivity contribution < 1.29 is 4.74 Å². The van der Waals surface area contributed by atoms with Gasteiger partial charge in [0.25, 0.3) is 0 Å². The molecule has 0 saturated heterocycles. The van der Waals surface area contributed by atoms with Crippen molar-refractivity contribution in [2.24, 2.45) is 0 Å². The summed E-state index contributed by atoms with van der Waals surface area (Å²) in [4.78, 5) is 0. The van der Waals surface area contributed by atoms with E-state index in [2.05, 4.69) is 28.7 Å². The third-order valence-electron chi connectivity index (χ3n) is 1.28. The Kier molecular flexibility index (Phi) is 2.57. The normalized spacial score (nSPS) is 25.6. The molecule has 9 heavy (non-hydrogen) atoms. The van der Waals surface area contributed by atoms with E-state index in [0.29, 0.717) is 3.92 Å². The highest BCUT2D eigenvalue weighted by molar-refractivity contribution is 14.1. The molecule has 1 rings (SSSR count). The first-order valence-electron chi connectivity index (χ1n) is 2.89. The zero-order valence-electron chi connectivity index (χ0n) is 5.30. The molecule has 1 unspecified atom stereocenters. The summed E-state index contributed by atoms with van der Waals surface area (Å²) in [6.45, 7) is 0. The van der Waals surface area contributed by atoms with E-state index in [4.69, 9.17) is 4.74 Å². The quantitative estimate of drug-likeness (QED) is 0.501. The molecule has 0 aromatic rings. The minimum absolute atomic E-state index is 0.539. The van der Waals surface area contributed by atoms with Gasteiger partial charge in [-0.25, -0.2) is 0 Å². The second kappa shape index (κ2) is 3.25. The molecule has 0 aromatic heterocycles. The number of rotatable bonds is 1. The Morgan fingerprint density at radius 3 is 3.00 bits per heavy atom. The molecule has 1 aliphatic rings. The predicted octanol–water partition coefficient (Wildman–Crippen LogP) is 2.28. The Balaban J connectivity index is 2.63. The molecular formula is C7H9IO.